The van der Waals surface area contributed by atoms with Gasteiger partial charge in [-0.3, -0.25) is 4.90 Å². The molecule has 0 aliphatic carbocycles. The molecule has 2 aromatic rings. The van der Waals surface area contributed by atoms with Crippen molar-refractivity contribution in [2.24, 2.45) is 0 Å². The van der Waals surface area contributed by atoms with Crippen LogP contribution in [0.2, 0.25) is 0 Å². The minimum absolute atomic E-state index is 0.179. The van der Waals surface area contributed by atoms with Crippen molar-refractivity contribution >= 4 is 0 Å². The number of nitrogens with zero attached hydrogens (tertiary/aromatic N) is 1. The molecule has 1 heterocycles. The third-order valence-electron chi connectivity index (χ3n) is 4.13. The lowest BCUT2D eigenvalue weighted by molar-refractivity contribution is 0.236. The van der Waals surface area contributed by atoms with Crippen LogP contribution in [0.4, 0.5) is 8.78 Å². The Labute approximate surface area is 129 Å². The van der Waals surface area contributed by atoms with Crippen LogP contribution in [0.25, 0.3) is 0 Å². The summed E-state index contributed by atoms with van der Waals surface area (Å²) in [6.45, 7) is 3.59. The summed E-state index contributed by atoms with van der Waals surface area (Å²) in [5.41, 5.74) is 1.57. The van der Waals surface area contributed by atoms with Crippen LogP contribution in [0.1, 0.15) is 23.6 Å². The molecule has 1 unspecified atom stereocenters. The minimum atomic E-state index is -0.270. The number of nitrogens with one attached hydrogen (secondary N) is 1. The first kappa shape index (κ1) is 15.1. The third-order valence-corrected chi connectivity index (χ3v) is 4.13. The molecule has 0 bridgehead atoms. The molecule has 4 heteroatoms. The Morgan fingerprint density at radius 1 is 0.909 bits per heavy atom. The average Bonchev–Trinajstić information content (AvgIpc) is 2.80. The maximum Gasteiger partial charge on any atom is 0.128 e. The van der Waals surface area contributed by atoms with Crippen molar-refractivity contribution in [1.29, 1.82) is 0 Å². The Morgan fingerprint density at radius 3 is 2.45 bits per heavy atom. The van der Waals surface area contributed by atoms with E-state index in [2.05, 4.69) is 10.2 Å². The number of halogens is 2. The minimum Gasteiger partial charge on any atom is -0.315 e. The van der Waals surface area contributed by atoms with E-state index in [1.165, 1.54) is 18.2 Å². The predicted molar refractivity (Wildman–Crippen MR) is 83.7 cm³/mol. The molecule has 1 N–H and O–H groups in total. The van der Waals surface area contributed by atoms with Crippen molar-refractivity contribution in [2.45, 2.75) is 12.5 Å². The van der Waals surface area contributed by atoms with Crippen LogP contribution in [-0.4, -0.2) is 31.1 Å². The molecule has 1 atom stereocenters. The standard InChI is InChI=1S/C18H20F2N2/c19-15-8-6-14(7-9-15)18(16-4-1-2-5-17(16)20)22-12-3-10-21-11-13-22/h1-2,4-9,18,21H,3,10-13H2. The molecule has 0 spiro atoms. The van der Waals surface area contributed by atoms with Crippen molar-refractivity contribution in [3.05, 3.63) is 71.3 Å². The summed E-state index contributed by atoms with van der Waals surface area (Å²) in [6, 6.07) is 13.1. The van der Waals surface area contributed by atoms with Crippen LogP contribution in [0.15, 0.2) is 48.5 Å². The summed E-state index contributed by atoms with van der Waals surface area (Å²) in [5.74, 6) is -0.484. The van der Waals surface area contributed by atoms with E-state index in [1.54, 1.807) is 18.2 Å². The van der Waals surface area contributed by atoms with E-state index in [4.69, 9.17) is 0 Å². The maximum atomic E-state index is 14.3. The fourth-order valence-electron chi connectivity index (χ4n) is 3.05. The fraction of sp³-hybridized carbons (Fsp3) is 0.333. The first-order valence-corrected chi connectivity index (χ1v) is 7.70. The summed E-state index contributed by atoms with van der Waals surface area (Å²) in [4.78, 5) is 2.27. The normalized spacial score (nSPS) is 17.9. The molecule has 1 fully saturated rings. The molecule has 0 radical (unpaired) electrons. The molecule has 1 saturated heterocycles. The van der Waals surface area contributed by atoms with Gasteiger partial charge in [0.2, 0.25) is 0 Å². The van der Waals surface area contributed by atoms with E-state index in [1.807, 2.05) is 12.1 Å². The van der Waals surface area contributed by atoms with Crippen LogP contribution in [-0.2, 0) is 0 Å². The second-order valence-electron chi connectivity index (χ2n) is 5.62. The summed E-state index contributed by atoms with van der Waals surface area (Å²) < 4.78 is 27.6. The SMILES string of the molecule is Fc1ccc(C(c2ccccc2F)N2CCCNCC2)cc1. The number of hydrogen-bond acceptors (Lipinski definition) is 2. The Hall–Kier alpha value is -1.78. The van der Waals surface area contributed by atoms with E-state index in [0.717, 1.165) is 38.2 Å². The van der Waals surface area contributed by atoms with Gasteiger partial charge in [-0.1, -0.05) is 30.3 Å². The van der Waals surface area contributed by atoms with Crippen molar-refractivity contribution in [2.75, 3.05) is 26.2 Å². The van der Waals surface area contributed by atoms with Crippen molar-refractivity contribution in [1.82, 2.24) is 10.2 Å². The monoisotopic (exact) mass is 302 g/mol. The van der Waals surface area contributed by atoms with Gasteiger partial charge in [0.15, 0.2) is 0 Å². The van der Waals surface area contributed by atoms with Gasteiger partial charge in [-0.2, -0.15) is 0 Å². The van der Waals surface area contributed by atoms with Crippen LogP contribution < -0.4 is 5.32 Å². The van der Waals surface area contributed by atoms with Crippen LogP contribution >= 0.6 is 0 Å². The summed E-state index contributed by atoms with van der Waals surface area (Å²) in [6.07, 6.45) is 1.02. The van der Waals surface area contributed by atoms with E-state index < -0.39 is 0 Å². The zero-order chi connectivity index (χ0) is 15.4. The molecule has 2 nitrogen and oxygen atoms in total. The Balaban J connectivity index is 2.01. The Kier molecular flexibility index (Phi) is 4.80. The van der Waals surface area contributed by atoms with Crippen LogP contribution in [0.3, 0.4) is 0 Å². The lowest BCUT2D eigenvalue weighted by Gasteiger charge is -2.31. The molecule has 1 aliphatic rings. The lowest BCUT2D eigenvalue weighted by Crippen LogP contribution is -2.33. The van der Waals surface area contributed by atoms with E-state index in [0.29, 0.717) is 5.56 Å². The van der Waals surface area contributed by atoms with Gasteiger partial charge in [-0.15, -0.1) is 0 Å². The number of hydrogen-bond donors (Lipinski definition) is 1. The van der Waals surface area contributed by atoms with E-state index in [9.17, 15) is 8.78 Å². The smallest absolute Gasteiger partial charge is 0.128 e. The van der Waals surface area contributed by atoms with Gasteiger partial charge >= 0.3 is 0 Å². The molecule has 22 heavy (non-hydrogen) atoms. The summed E-state index contributed by atoms with van der Waals surface area (Å²) in [7, 11) is 0. The van der Waals surface area contributed by atoms with Gasteiger partial charge in [0.25, 0.3) is 0 Å². The molecule has 1 aliphatic heterocycles. The highest BCUT2D eigenvalue weighted by molar-refractivity contribution is 5.33. The van der Waals surface area contributed by atoms with Gasteiger partial charge in [0, 0.05) is 25.2 Å². The van der Waals surface area contributed by atoms with Gasteiger partial charge in [-0.05, 0) is 36.7 Å². The van der Waals surface area contributed by atoms with Crippen molar-refractivity contribution < 1.29 is 8.78 Å². The largest absolute Gasteiger partial charge is 0.315 e. The molecule has 0 saturated carbocycles. The Morgan fingerprint density at radius 2 is 1.68 bits per heavy atom. The summed E-state index contributed by atoms with van der Waals surface area (Å²) in [5, 5.41) is 3.36. The third kappa shape index (κ3) is 3.34. The molecule has 3 rings (SSSR count). The highest BCUT2D eigenvalue weighted by Crippen LogP contribution is 2.30. The van der Waals surface area contributed by atoms with Gasteiger partial charge in [-0.25, -0.2) is 8.78 Å². The topological polar surface area (TPSA) is 15.3 Å². The zero-order valence-electron chi connectivity index (χ0n) is 12.4. The van der Waals surface area contributed by atoms with Gasteiger partial charge in [0.1, 0.15) is 11.6 Å². The van der Waals surface area contributed by atoms with Crippen molar-refractivity contribution in [3.63, 3.8) is 0 Å². The van der Waals surface area contributed by atoms with E-state index >= 15 is 0 Å². The molecular formula is C18H20F2N2. The average molecular weight is 302 g/mol. The molecule has 2 aromatic carbocycles. The second-order valence-corrected chi connectivity index (χ2v) is 5.62. The number of benzene rings is 2. The molecule has 0 aromatic heterocycles. The number of rotatable bonds is 3. The highest BCUT2D eigenvalue weighted by Gasteiger charge is 2.25. The highest BCUT2D eigenvalue weighted by atomic mass is 19.1. The lowest BCUT2D eigenvalue weighted by atomic mass is 9.96. The molecular weight excluding hydrogens is 282 g/mol. The predicted octanol–water partition coefficient (Wildman–Crippen LogP) is 3.35. The fourth-order valence-corrected chi connectivity index (χ4v) is 3.05. The van der Waals surface area contributed by atoms with Gasteiger partial charge < -0.3 is 5.32 Å². The quantitative estimate of drug-likeness (QED) is 0.935. The molecule has 0 amide bonds. The van der Waals surface area contributed by atoms with Crippen molar-refractivity contribution in [3.8, 4) is 0 Å². The molecule has 116 valence electrons. The summed E-state index contributed by atoms with van der Waals surface area (Å²) >= 11 is 0. The van der Waals surface area contributed by atoms with Crippen LogP contribution in [0.5, 0.6) is 0 Å². The first-order valence-electron chi connectivity index (χ1n) is 7.70. The van der Waals surface area contributed by atoms with E-state index in [-0.39, 0.29) is 17.7 Å². The first-order chi connectivity index (χ1) is 10.8. The second kappa shape index (κ2) is 6.99. The Bertz CT molecular complexity index is 605. The zero-order valence-corrected chi connectivity index (χ0v) is 12.4. The van der Waals surface area contributed by atoms with Crippen LogP contribution in [0, 0.1) is 11.6 Å². The van der Waals surface area contributed by atoms with Gasteiger partial charge in [0.05, 0.1) is 6.04 Å². The maximum absolute atomic E-state index is 14.3.